The average molecular weight is 171 g/mol. The van der Waals surface area contributed by atoms with Gasteiger partial charge in [-0.2, -0.15) is 0 Å². The van der Waals surface area contributed by atoms with Gasteiger partial charge in [0.2, 0.25) is 0 Å². The van der Waals surface area contributed by atoms with Gasteiger partial charge >= 0.3 is 11.9 Å². The first-order chi connectivity index (χ1) is 5.59. The maximum Gasteiger partial charge on any atom is 0.351 e. The van der Waals surface area contributed by atoms with Crippen LogP contribution in [0.5, 0.6) is 0 Å². The number of carboxylic acid groups (broad SMARTS) is 2. The number of carboxylic acids is 2. The van der Waals surface area contributed by atoms with Gasteiger partial charge in [0.15, 0.2) is 0 Å². The van der Waals surface area contributed by atoms with E-state index in [9.17, 15) is 9.59 Å². The summed E-state index contributed by atoms with van der Waals surface area (Å²) in [6, 6.07) is -0.270. The summed E-state index contributed by atoms with van der Waals surface area (Å²) in [4.78, 5) is 20.6. The van der Waals surface area contributed by atoms with E-state index >= 15 is 0 Å². The van der Waals surface area contributed by atoms with Crippen molar-refractivity contribution in [2.75, 3.05) is 0 Å². The monoisotopic (exact) mass is 171 g/mol. The molecule has 0 amide bonds. The molecule has 1 aliphatic heterocycles. The van der Waals surface area contributed by atoms with E-state index in [-0.39, 0.29) is 18.2 Å². The summed E-state index contributed by atoms with van der Waals surface area (Å²) in [5, 5.41) is 19.5. The zero-order chi connectivity index (χ0) is 9.14. The fourth-order valence-electron chi connectivity index (χ4n) is 1.09. The van der Waals surface area contributed by atoms with Gasteiger partial charge < -0.3 is 15.5 Å². The summed E-state index contributed by atoms with van der Waals surface area (Å²) < 4.78 is 0. The summed E-state index contributed by atoms with van der Waals surface area (Å²) >= 11 is 0. The lowest BCUT2D eigenvalue weighted by molar-refractivity contribution is -0.138. The highest BCUT2D eigenvalue weighted by atomic mass is 16.4. The Morgan fingerprint density at radius 1 is 1.58 bits per heavy atom. The van der Waals surface area contributed by atoms with Crippen molar-refractivity contribution in [3.05, 3.63) is 11.8 Å². The number of aliphatic carboxylic acids is 2. The van der Waals surface area contributed by atoms with Gasteiger partial charge in [-0.3, -0.25) is 4.79 Å². The maximum absolute atomic E-state index is 10.4. The van der Waals surface area contributed by atoms with E-state index in [0.717, 1.165) is 0 Å². The van der Waals surface area contributed by atoms with Crippen LogP contribution in [0.25, 0.3) is 0 Å². The molecule has 0 radical (unpaired) electrons. The van der Waals surface area contributed by atoms with Crippen molar-refractivity contribution in [3.63, 3.8) is 0 Å². The molecule has 1 heterocycles. The molecule has 0 aromatic rings. The number of hydrogen-bond donors (Lipinski definition) is 3. The van der Waals surface area contributed by atoms with Gasteiger partial charge in [-0.1, -0.05) is 6.08 Å². The molecule has 0 fully saturated rings. The van der Waals surface area contributed by atoms with Crippen LogP contribution in [-0.4, -0.2) is 28.2 Å². The fourth-order valence-corrected chi connectivity index (χ4v) is 1.09. The fraction of sp³-hybridized carbons (Fsp3) is 0.429. The van der Waals surface area contributed by atoms with E-state index in [4.69, 9.17) is 10.2 Å². The van der Waals surface area contributed by atoms with Crippen LogP contribution in [0, 0.1) is 0 Å². The van der Waals surface area contributed by atoms with Crippen LogP contribution in [0.15, 0.2) is 11.8 Å². The lowest BCUT2D eigenvalue weighted by Gasteiger charge is -2.08. The number of carbonyl (C=O) groups is 2. The summed E-state index contributed by atoms with van der Waals surface area (Å²) in [7, 11) is 0. The van der Waals surface area contributed by atoms with Crippen LogP contribution in [0.2, 0.25) is 0 Å². The lowest BCUT2D eigenvalue weighted by atomic mass is 10.2. The van der Waals surface area contributed by atoms with Crippen LogP contribution in [0.4, 0.5) is 0 Å². The second-order valence-electron chi connectivity index (χ2n) is 2.60. The Labute approximate surface area is 68.7 Å². The Morgan fingerprint density at radius 3 is 2.67 bits per heavy atom. The van der Waals surface area contributed by atoms with Crippen molar-refractivity contribution >= 4 is 11.9 Å². The Hall–Kier alpha value is -1.52. The molecule has 5 nitrogen and oxygen atoms in total. The number of nitrogens with one attached hydrogen (secondary N) is 1. The van der Waals surface area contributed by atoms with Gasteiger partial charge in [0.05, 0.1) is 6.42 Å². The zero-order valence-electron chi connectivity index (χ0n) is 6.28. The third-order valence-corrected chi connectivity index (χ3v) is 1.62. The van der Waals surface area contributed by atoms with Gasteiger partial charge in [-0.15, -0.1) is 0 Å². The normalized spacial score (nSPS) is 21.3. The molecular formula is C7H9NO4. The van der Waals surface area contributed by atoms with E-state index in [1.807, 2.05) is 0 Å². The van der Waals surface area contributed by atoms with E-state index in [1.165, 1.54) is 6.08 Å². The smallest absolute Gasteiger partial charge is 0.351 e. The topological polar surface area (TPSA) is 86.6 Å². The molecule has 0 saturated carbocycles. The molecule has 0 spiro atoms. The molecule has 3 N–H and O–H groups in total. The van der Waals surface area contributed by atoms with Crippen LogP contribution in [-0.2, 0) is 9.59 Å². The Bertz CT molecular complexity index is 246. The molecule has 12 heavy (non-hydrogen) atoms. The van der Waals surface area contributed by atoms with Gasteiger partial charge in [0, 0.05) is 6.04 Å². The predicted molar refractivity (Wildman–Crippen MR) is 39.5 cm³/mol. The first kappa shape index (κ1) is 8.58. The van der Waals surface area contributed by atoms with E-state index < -0.39 is 11.9 Å². The molecule has 1 unspecified atom stereocenters. The first-order valence-corrected chi connectivity index (χ1v) is 3.51. The Kier molecular flexibility index (Phi) is 2.32. The molecule has 0 aliphatic carbocycles. The minimum Gasteiger partial charge on any atom is -0.481 e. The predicted octanol–water partition coefficient (Wildman–Crippen LogP) is -0.208. The standard InChI is InChI=1S/C7H9NO4/c9-6(10)3-4-1-2-5(8-4)7(11)12/h2,4,8H,1,3H2,(H,9,10)(H,11,12). The maximum atomic E-state index is 10.4. The zero-order valence-corrected chi connectivity index (χ0v) is 6.28. The Balaban J connectivity index is 2.41. The number of rotatable bonds is 3. The van der Waals surface area contributed by atoms with Crippen molar-refractivity contribution in [1.82, 2.24) is 5.32 Å². The molecule has 0 aromatic carbocycles. The quantitative estimate of drug-likeness (QED) is 0.547. The molecule has 0 aromatic heterocycles. The van der Waals surface area contributed by atoms with Crippen LogP contribution in [0.1, 0.15) is 12.8 Å². The molecule has 1 aliphatic rings. The van der Waals surface area contributed by atoms with E-state index in [2.05, 4.69) is 5.32 Å². The summed E-state index contributed by atoms with van der Waals surface area (Å²) in [5.41, 5.74) is 0.0984. The van der Waals surface area contributed by atoms with Crippen molar-refractivity contribution in [2.45, 2.75) is 18.9 Å². The molecule has 5 heteroatoms. The highest BCUT2D eigenvalue weighted by Gasteiger charge is 2.21. The van der Waals surface area contributed by atoms with Gasteiger partial charge in [0.25, 0.3) is 0 Å². The second-order valence-corrected chi connectivity index (χ2v) is 2.60. The minimum atomic E-state index is -1.04. The summed E-state index contributed by atoms with van der Waals surface area (Å²) in [6.45, 7) is 0. The molecule has 0 bridgehead atoms. The Morgan fingerprint density at radius 2 is 2.25 bits per heavy atom. The molecule has 66 valence electrons. The molecule has 1 rings (SSSR count). The lowest BCUT2D eigenvalue weighted by Crippen LogP contribution is -2.28. The first-order valence-electron chi connectivity index (χ1n) is 3.51. The van der Waals surface area contributed by atoms with Crippen LogP contribution < -0.4 is 5.32 Å². The van der Waals surface area contributed by atoms with Crippen molar-refractivity contribution in [2.24, 2.45) is 0 Å². The summed E-state index contributed by atoms with van der Waals surface area (Å²) in [5.74, 6) is -1.96. The van der Waals surface area contributed by atoms with Crippen LogP contribution >= 0.6 is 0 Å². The molecular weight excluding hydrogens is 162 g/mol. The SMILES string of the molecule is O=C(O)CC1CC=C(C(=O)O)N1. The number of hydrogen-bond acceptors (Lipinski definition) is 3. The average Bonchev–Trinajstić information content (AvgIpc) is 2.34. The largest absolute Gasteiger partial charge is 0.481 e. The van der Waals surface area contributed by atoms with Crippen molar-refractivity contribution in [1.29, 1.82) is 0 Å². The highest BCUT2D eigenvalue weighted by Crippen LogP contribution is 2.11. The molecule has 0 saturated heterocycles. The summed E-state index contributed by atoms with van der Waals surface area (Å²) in [6.07, 6.45) is 1.91. The van der Waals surface area contributed by atoms with Crippen molar-refractivity contribution in [3.8, 4) is 0 Å². The third kappa shape index (κ3) is 1.98. The van der Waals surface area contributed by atoms with Gasteiger partial charge in [0.1, 0.15) is 5.70 Å². The molecule has 1 atom stereocenters. The highest BCUT2D eigenvalue weighted by molar-refractivity contribution is 5.86. The minimum absolute atomic E-state index is 0.0483. The van der Waals surface area contributed by atoms with E-state index in [0.29, 0.717) is 6.42 Å². The van der Waals surface area contributed by atoms with Crippen LogP contribution in [0.3, 0.4) is 0 Å². The third-order valence-electron chi connectivity index (χ3n) is 1.62. The van der Waals surface area contributed by atoms with E-state index in [1.54, 1.807) is 0 Å². The van der Waals surface area contributed by atoms with Gasteiger partial charge in [-0.05, 0) is 6.42 Å². The van der Waals surface area contributed by atoms with Crippen molar-refractivity contribution < 1.29 is 19.8 Å². The van der Waals surface area contributed by atoms with Gasteiger partial charge in [-0.25, -0.2) is 4.79 Å². The second kappa shape index (κ2) is 3.25.